The van der Waals surface area contributed by atoms with Gasteiger partial charge in [-0.1, -0.05) is 6.58 Å². The maximum atomic E-state index is 8.82. The van der Waals surface area contributed by atoms with Crippen LogP contribution < -0.4 is 4.74 Å². The van der Waals surface area contributed by atoms with Crippen molar-refractivity contribution in [1.29, 1.82) is 5.26 Å². The van der Waals surface area contributed by atoms with Crippen molar-refractivity contribution < 1.29 is 4.74 Å². The van der Waals surface area contributed by atoms with Crippen LogP contribution in [0.25, 0.3) is 0 Å². The minimum absolute atomic E-state index is 0.469. The third kappa shape index (κ3) is 3.04. The van der Waals surface area contributed by atoms with E-state index in [0.29, 0.717) is 17.9 Å². The molecule has 0 spiro atoms. The van der Waals surface area contributed by atoms with Gasteiger partial charge in [0.1, 0.15) is 12.4 Å². The number of thiol groups is 1. The molecule has 16 heavy (non-hydrogen) atoms. The van der Waals surface area contributed by atoms with E-state index in [0.717, 1.165) is 22.4 Å². The molecule has 0 saturated carbocycles. The molecule has 0 fully saturated rings. The molecule has 0 saturated heterocycles. The fourth-order valence-electron chi connectivity index (χ4n) is 1.46. The third-order valence-corrected chi connectivity index (χ3v) is 2.68. The summed E-state index contributed by atoms with van der Waals surface area (Å²) in [5.41, 5.74) is 3.55. The van der Waals surface area contributed by atoms with Crippen LogP contribution in [0.5, 0.6) is 5.75 Å². The minimum Gasteiger partial charge on any atom is -0.489 e. The smallest absolute Gasteiger partial charge is 0.125 e. The average Bonchev–Trinajstić information content (AvgIpc) is 2.27. The average molecular weight is 233 g/mol. The summed E-state index contributed by atoms with van der Waals surface area (Å²) in [6.45, 7) is 8.17. The van der Waals surface area contributed by atoms with Crippen molar-refractivity contribution in [3.05, 3.63) is 41.0 Å². The maximum absolute atomic E-state index is 8.82. The van der Waals surface area contributed by atoms with E-state index in [-0.39, 0.29) is 0 Å². The van der Waals surface area contributed by atoms with Crippen molar-refractivity contribution >= 4 is 12.6 Å². The SMILES string of the molecule is C=C(CS)COc1c(C)cc(C#N)cc1C. The Bertz CT molecular complexity index is 423. The predicted octanol–water partition coefficient (Wildman–Crippen LogP) is 3.04. The van der Waals surface area contributed by atoms with Crippen molar-refractivity contribution in [2.24, 2.45) is 0 Å². The van der Waals surface area contributed by atoms with Crippen LogP contribution in [0.15, 0.2) is 24.3 Å². The monoisotopic (exact) mass is 233 g/mol. The van der Waals surface area contributed by atoms with Crippen LogP contribution in [0.2, 0.25) is 0 Å². The van der Waals surface area contributed by atoms with Crippen LogP contribution in [0.4, 0.5) is 0 Å². The summed E-state index contributed by atoms with van der Waals surface area (Å²) in [7, 11) is 0. The Morgan fingerprint density at radius 2 is 2.00 bits per heavy atom. The molecule has 2 nitrogen and oxygen atoms in total. The Morgan fingerprint density at radius 1 is 1.44 bits per heavy atom. The molecular formula is C13H15NOS. The van der Waals surface area contributed by atoms with E-state index < -0.39 is 0 Å². The zero-order chi connectivity index (χ0) is 12.1. The molecule has 1 aromatic rings. The first-order valence-electron chi connectivity index (χ1n) is 5.00. The summed E-state index contributed by atoms with van der Waals surface area (Å²) < 4.78 is 5.66. The van der Waals surface area contributed by atoms with E-state index in [1.165, 1.54) is 0 Å². The van der Waals surface area contributed by atoms with E-state index in [2.05, 4.69) is 25.3 Å². The zero-order valence-corrected chi connectivity index (χ0v) is 10.5. The summed E-state index contributed by atoms with van der Waals surface area (Å²) in [5.74, 6) is 1.45. The Kier molecular flexibility index (Phi) is 4.45. The maximum Gasteiger partial charge on any atom is 0.125 e. The predicted molar refractivity (Wildman–Crippen MR) is 69.1 cm³/mol. The molecule has 0 aromatic heterocycles. The Hall–Kier alpha value is -1.40. The number of nitrogens with zero attached hydrogens (tertiary/aromatic N) is 1. The van der Waals surface area contributed by atoms with Gasteiger partial charge in [-0.05, 0) is 42.7 Å². The van der Waals surface area contributed by atoms with Gasteiger partial charge in [0.15, 0.2) is 0 Å². The van der Waals surface area contributed by atoms with E-state index in [9.17, 15) is 0 Å². The van der Waals surface area contributed by atoms with Gasteiger partial charge >= 0.3 is 0 Å². The highest BCUT2D eigenvalue weighted by atomic mass is 32.1. The molecule has 0 aliphatic heterocycles. The van der Waals surface area contributed by atoms with E-state index in [1.54, 1.807) is 0 Å². The Balaban J connectivity index is 2.89. The standard InChI is InChI=1S/C13H15NOS/c1-9(8-16)7-15-13-10(2)4-12(6-14)5-11(13)3/h4-5,16H,1,7-8H2,2-3H3. The number of hydrogen-bond acceptors (Lipinski definition) is 3. The minimum atomic E-state index is 0.469. The highest BCUT2D eigenvalue weighted by molar-refractivity contribution is 7.80. The summed E-state index contributed by atoms with van der Waals surface area (Å²) in [5, 5.41) is 8.82. The largest absolute Gasteiger partial charge is 0.489 e. The lowest BCUT2D eigenvalue weighted by Gasteiger charge is -2.12. The molecule has 0 aliphatic carbocycles. The van der Waals surface area contributed by atoms with Crippen LogP contribution >= 0.6 is 12.6 Å². The van der Waals surface area contributed by atoms with Gasteiger partial charge in [0.25, 0.3) is 0 Å². The van der Waals surface area contributed by atoms with Gasteiger partial charge in [0, 0.05) is 5.75 Å². The second-order valence-corrected chi connectivity index (χ2v) is 4.06. The molecule has 3 heteroatoms. The molecule has 0 N–H and O–H groups in total. The van der Waals surface area contributed by atoms with Crippen molar-refractivity contribution in [3.63, 3.8) is 0 Å². The number of rotatable bonds is 4. The highest BCUT2D eigenvalue weighted by Gasteiger charge is 2.06. The van der Waals surface area contributed by atoms with Gasteiger partial charge in [-0.3, -0.25) is 0 Å². The molecule has 0 bridgehead atoms. The van der Waals surface area contributed by atoms with E-state index in [1.807, 2.05) is 26.0 Å². The molecule has 0 unspecified atom stereocenters. The number of hydrogen-bond donors (Lipinski definition) is 1. The number of benzene rings is 1. The van der Waals surface area contributed by atoms with Crippen LogP contribution in [0.1, 0.15) is 16.7 Å². The number of ether oxygens (including phenoxy) is 1. The summed E-state index contributed by atoms with van der Waals surface area (Å²) in [6, 6.07) is 5.78. The van der Waals surface area contributed by atoms with E-state index >= 15 is 0 Å². The summed E-state index contributed by atoms with van der Waals surface area (Å²) in [4.78, 5) is 0. The fraction of sp³-hybridized carbons (Fsp3) is 0.308. The van der Waals surface area contributed by atoms with Gasteiger partial charge in [-0.15, -0.1) is 0 Å². The van der Waals surface area contributed by atoms with Crippen LogP contribution in [-0.2, 0) is 0 Å². The lowest BCUT2D eigenvalue weighted by atomic mass is 10.1. The first-order chi connectivity index (χ1) is 7.58. The molecule has 0 aliphatic rings. The molecule has 1 aromatic carbocycles. The lowest BCUT2D eigenvalue weighted by molar-refractivity contribution is 0.348. The molecule has 0 amide bonds. The zero-order valence-electron chi connectivity index (χ0n) is 9.58. The number of nitriles is 1. The van der Waals surface area contributed by atoms with Gasteiger partial charge in [-0.2, -0.15) is 17.9 Å². The van der Waals surface area contributed by atoms with Crippen molar-refractivity contribution in [2.45, 2.75) is 13.8 Å². The summed E-state index contributed by atoms with van der Waals surface area (Å²) in [6.07, 6.45) is 0. The van der Waals surface area contributed by atoms with Gasteiger partial charge in [0.2, 0.25) is 0 Å². The molecule has 0 radical (unpaired) electrons. The van der Waals surface area contributed by atoms with Crippen molar-refractivity contribution in [2.75, 3.05) is 12.4 Å². The molecule has 0 atom stereocenters. The first kappa shape index (κ1) is 12.7. The van der Waals surface area contributed by atoms with Crippen molar-refractivity contribution in [1.82, 2.24) is 0 Å². The van der Waals surface area contributed by atoms with Gasteiger partial charge < -0.3 is 4.74 Å². The van der Waals surface area contributed by atoms with E-state index in [4.69, 9.17) is 10.00 Å². The Morgan fingerprint density at radius 3 is 2.44 bits per heavy atom. The summed E-state index contributed by atoms with van der Waals surface area (Å²) >= 11 is 4.12. The van der Waals surface area contributed by atoms with Crippen LogP contribution in [-0.4, -0.2) is 12.4 Å². The highest BCUT2D eigenvalue weighted by Crippen LogP contribution is 2.24. The van der Waals surface area contributed by atoms with Crippen molar-refractivity contribution in [3.8, 4) is 11.8 Å². The lowest BCUT2D eigenvalue weighted by Crippen LogP contribution is -2.04. The normalized spacial score (nSPS) is 9.62. The van der Waals surface area contributed by atoms with Gasteiger partial charge in [-0.25, -0.2) is 0 Å². The Labute approximate surface area is 102 Å². The molecule has 1 rings (SSSR count). The third-order valence-electron chi connectivity index (χ3n) is 2.23. The molecule has 84 valence electrons. The molecule has 0 heterocycles. The fourth-order valence-corrected chi connectivity index (χ4v) is 1.55. The van der Waals surface area contributed by atoms with Crippen LogP contribution in [0.3, 0.4) is 0 Å². The molecular weight excluding hydrogens is 218 g/mol. The quantitative estimate of drug-likeness (QED) is 0.640. The first-order valence-corrected chi connectivity index (χ1v) is 5.63. The topological polar surface area (TPSA) is 33.0 Å². The second kappa shape index (κ2) is 5.62. The number of aryl methyl sites for hydroxylation is 2. The van der Waals surface area contributed by atoms with Gasteiger partial charge in [0.05, 0.1) is 11.6 Å². The second-order valence-electron chi connectivity index (χ2n) is 3.75. The van der Waals surface area contributed by atoms with Crippen LogP contribution in [0, 0.1) is 25.2 Å².